The molecule has 1 aromatic rings. The summed E-state index contributed by atoms with van der Waals surface area (Å²) in [5, 5.41) is 20.9. The van der Waals surface area contributed by atoms with E-state index < -0.39 is 6.10 Å². The first-order chi connectivity index (χ1) is 8.04. The number of aliphatic hydroxyl groups is 1. The van der Waals surface area contributed by atoms with Gasteiger partial charge in [0.2, 0.25) is 0 Å². The Labute approximate surface area is 100 Å². The highest BCUT2D eigenvalue weighted by Gasteiger charge is 2.11. The van der Waals surface area contributed by atoms with E-state index in [1.807, 2.05) is 18.0 Å². The van der Waals surface area contributed by atoms with Crippen molar-refractivity contribution in [3.63, 3.8) is 0 Å². The lowest BCUT2D eigenvalue weighted by Crippen LogP contribution is -2.28. The first-order valence-corrected chi connectivity index (χ1v) is 5.33. The van der Waals surface area contributed by atoms with Gasteiger partial charge in [-0.2, -0.15) is 0 Å². The number of rotatable bonds is 5. The molecule has 6 heteroatoms. The molecule has 0 fully saturated rings. The Morgan fingerprint density at radius 2 is 2.35 bits per heavy atom. The minimum atomic E-state index is -0.399. The van der Waals surface area contributed by atoms with Crippen molar-refractivity contribution in [2.75, 3.05) is 13.6 Å². The monoisotopic (exact) mass is 238 g/mol. The quantitative estimate of drug-likeness (QED) is 0.290. The van der Waals surface area contributed by atoms with Crippen molar-refractivity contribution in [3.05, 3.63) is 29.6 Å². The molecule has 1 aromatic heterocycles. The molecule has 0 aliphatic rings. The Kier molecular flexibility index (Phi) is 4.86. The molecule has 0 saturated heterocycles. The van der Waals surface area contributed by atoms with E-state index in [4.69, 9.17) is 10.9 Å². The van der Waals surface area contributed by atoms with E-state index in [1.165, 1.54) is 0 Å². The van der Waals surface area contributed by atoms with Gasteiger partial charge in [0, 0.05) is 19.3 Å². The van der Waals surface area contributed by atoms with Crippen molar-refractivity contribution in [2.24, 2.45) is 10.9 Å². The summed E-state index contributed by atoms with van der Waals surface area (Å²) in [5.74, 6) is -0.00829. The van der Waals surface area contributed by atoms with Crippen molar-refractivity contribution in [2.45, 2.75) is 19.6 Å². The third kappa shape index (κ3) is 4.01. The highest BCUT2D eigenvalue weighted by atomic mass is 16.4. The van der Waals surface area contributed by atoms with Crippen LogP contribution in [0.25, 0.3) is 0 Å². The standard InChI is InChI=1S/C11H18N4O2/c1-8(16)6-15(2)7-9-4-3-5-13-10(9)11(12)14-17/h3-5,8,16-17H,6-7H2,1-2H3,(H2,12,14). The third-order valence-electron chi connectivity index (χ3n) is 2.26. The molecule has 0 aromatic carbocycles. The zero-order valence-corrected chi connectivity index (χ0v) is 10.0. The molecule has 1 heterocycles. The van der Waals surface area contributed by atoms with Gasteiger partial charge in [-0.15, -0.1) is 0 Å². The molecule has 0 bridgehead atoms. The van der Waals surface area contributed by atoms with E-state index in [-0.39, 0.29) is 5.84 Å². The second-order valence-electron chi connectivity index (χ2n) is 4.04. The first kappa shape index (κ1) is 13.4. The summed E-state index contributed by atoms with van der Waals surface area (Å²) in [5.41, 5.74) is 6.86. The van der Waals surface area contributed by atoms with E-state index in [2.05, 4.69) is 10.1 Å². The maximum absolute atomic E-state index is 9.28. The number of amidine groups is 1. The maximum Gasteiger partial charge on any atom is 0.189 e. The summed E-state index contributed by atoms with van der Waals surface area (Å²) in [6, 6.07) is 3.65. The number of aromatic nitrogens is 1. The summed E-state index contributed by atoms with van der Waals surface area (Å²) < 4.78 is 0. The molecule has 6 nitrogen and oxygen atoms in total. The number of nitrogens with two attached hydrogens (primary N) is 1. The average Bonchev–Trinajstić information content (AvgIpc) is 2.27. The van der Waals surface area contributed by atoms with Crippen LogP contribution in [-0.4, -0.2) is 45.7 Å². The second kappa shape index (κ2) is 6.17. The fourth-order valence-electron chi connectivity index (χ4n) is 1.65. The van der Waals surface area contributed by atoms with Crippen LogP contribution in [0, 0.1) is 0 Å². The Hall–Kier alpha value is -1.66. The fourth-order valence-corrected chi connectivity index (χ4v) is 1.65. The molecule has 1 atom stereocenters. The van der Waals surface area contributed by atoms with Crippen LogP contribution < -0.4 is 5.73 Å². The Morgan fingerprint density at radius 1 is 1.65 bits per heavy atom. The lowest BCUT2D eigenvalue weighted by Gasteiger charge is -2.19. The summed E-state index contributed by atoms with van der Waals surface area (Å²) in [7, 11) is 1.88. The summed E-state index contributed by atoms with van der Waals surface area (Å²) in [6.45, 7) is 2.85. The van der Waals surface area contributed by atoms with E-state index in [0.29, 0.717) is 18.8 Å². The minimum absolute atomic E-state index is 0.00829. The highest BCUT2D eigenvalue weighted by Crippen LogP contribution is 2.08. The van der Waals surface area contributed by atoms with Crippen molar-refractivity contribution >= 4 is 5.84 Å². The summed E-state index contributed by atoms with van der Waals surface area (Å²) >= 11 is 0. The third-order valence-corrected chi connectivity index (χ3v) is 2.26. The predicted molar refractivity (Wildman–Crippen MR) is 64.8 cm³/mol. The number of hydrogen-bond acceptors (Lipinski definition) is 5. The predicted octanol–water partition coefficient (Wildman–Crippen LogP) is -0.0113. The molecule has 0 aliphatic heterocycles. The molecule has 4 N–H and O–H groups in total. The van der Waals surface area contributed by atoms with Crippen LogP contribution in [0.1, 0.15) is 18.2 Å². The van der Waals surface area contributed by atoms with E-state index in [0.717, 1.165) is 5.56 Å². The van der Waals surface area contributed by atoms with Crippen molar-refractivity contribution in [1.82, 2.24) is 9.88 Å². The largest absolute Gasteiger partial charge is 0.409 e. The number of aliphatic hydroxyl groups excluding tert-OH is 1. The first-order valence-electron chi connectivity index (χ1n) is 5.33. The summed E-state index contributed by atoms with van der Waals surface area (Å²) in [6.07, 6.45) is 1.19. The van der Waals surface area contributed by atoms with Crippen molar-refractivity contribution in [1.29, 1.82) is 0 Å². The molecule has 94 valence electrons. The molecule has 0 amide bonds. The Balaban J connectivity index is 2.84. The molecule has 0 saturated carbocycles. The van der Waals surface area contributed by atoms with E-state index in [1.54, 1.807) is 19.2 Å². The van der Waals surface area contributed by atoms with Gasteiger partial charge in [-0.05, 0) is 25.6 Å². The van der Waals surface area contributed by atoms with Crippen LogP contribution in [-0.2, 0) is 6.54 Å². The van der Waals surface area contributed by atoms with Crippen LogP contribution in [0.4, 0.5) is 0 Å². The normalized spacial score (nSPS) is 14.0. The maximum atomic E-state index is 9.28. The number of likely N-dealkylation sites (N-methyl/N-ethyl adjacent to an activating group) is 1. The lowest BCUT2D eigenvalue weighted by molar-refractivity contribution is 0.138. The highest BCUT2D eigenvalue weighted by molar-refractivity contribution is 5.96. The zero-order chi connectivity index (χ0) is 12.8. The zero-order valence-electron chi connectivity index (χ0n) is 10.0. The summed E-state index contributed by atoms with van der Waals surface area (Å²) in [4.78, 5) is 6.02. The van der Waals surface area contributed by atoms with E-state index in [9.17, 15) is 5.11 Å². The fraction of sp³-hybridized carbons (Fsp3) is 0.455. The molecule has 17 heavy (non-hydrogen) atoms. The van der Waals surface area contributed by atoms with E-state index >= 15 is 0 Å². The molecule has 1 rings (SSSR count). The van der Waals surface area contributed by atoms with Crippen LogP contribution in [0.5, 0.6) is 0 Å². The molecule has 1 unspecified atom stereocenters. The SMILES string of the molecule is CC(O)CN(C)Cc1cccnc1/C(N)=N/O. The molecular weight excluding hydrogens is 220 g/mol. The van der Waals surface area contributed by atoms with Gasteiger partial charge >= 0.3 is 0 Å². The lowest BCUT2D eigenvalue weighted by atomic mass is 10.1. The average molecular weight is 238 g/mol. The Morgan fingerprint density at radius 3 is 2.94 bits per heavy atom. The second-order valence-corrected chi connectivity index (χ2v) is 4.04. The van der Waals surface area contributed by atoms with Gasteiger partial charge in [0.05, 0.1) is 6.10 Å². The van der Waals surface area contributed by atoms with Crippen LogP contribution in [0.2, 0.25) is 0 Å². The van der Waals surface area contributed by atoms with Crippen LogP contribution in [0.3, 0.4) is 0 Å². The molecule has 0 aliphatic carbocycles. The number of hydrogen-bond donors (Lipinski definition) is 3. The van der Waals surface area contributed by atoms with Crippen LogP contribution >= 0.6 is 0 Å². The van der Waals surface area contributed by atoms with Gasteiger partial charge in [-0.25, -0.2) is 0 Å². The van der Waals surface area contributed by atoms with Crippen molar-refractivity contribution in [3.8, 4) is 0 Å². The number of oxime groups is 1. The number of pyridine rings is 1. The van der Waals surface area contributed by atoms with Gasteiger partial charge in [-0.3, -0.25) is 9.88 Å². The van der Waals surface area contributed by atoms with Crippen LogP contribution in [0.15, 0.2) is 23.5 Å². The van der Waals surface area contributed by atoms with Crippen molar-refractivity contribution < 1.29 is 10.3 Å². The molecular formula is C11H18N4O2. The number of nitrogens with zero attached hydrogens (tertiary/aromatic N) is 3. The van der Waals surface area contributed by atoms with Gasteiger partial charge in [-0.1, -0.05) is 11.2 Å². The molecule has 0 radical (unpaired) electrons. The smallest absolute Gasteiger partial charge is 0.189 e. The van der Waals surface area contributed by atoms with Gasteiger partial charge in [0.15, 0.2) is 5.84 Å². The van der Waals surface area contributed by atoms with Gasteiger partial charge in [0.1, 0.15) is 5.69 Å². The van der Waals surface area contributed by atoms with Gasteiger partial charge < -0.3 is 16.0 Å². The Bertz CT molecular complexity index is 393. The molecule has 0 spiro atoms. The topological polar surface area (TPSA) is 95.0 Å². The minimum Gasteiger partial charge on any atom is -0.409 e. The van der Waals surface area contributed by atoms with Gasteiger partial charge in [0.25, 0.3) is 0 Å².